The lowest BCUT2D eigenvalue weighted by atomic mass is 10.2. The SMILES string of the molecule is Cc1sc2nc(SCCN(C)C)nc(Cl)c2c1C. The van der Waals surface area contributed by atoms with Crippen molar-refractivity contribution in [3.63, 3.8) is 0 Å². The Morgan fingerprint density at radius 1 is 1.28 bits per heavy atom. The van der Waals surface area contributed by atoms with Crippen molar-refractivity contribution < 1.29 is 0 Å². The number of hydrogen-bond donors (Lipinski definition) is 0. The number of thioether (sulfide) groups is 1. The Labute approximate surface area is 121 Å². The first kappa shape index (κ1) is 14.1. The van der Waals surface area contributed by atoms with Gasteiger partial charge in [-0.2, -0.15) is 0 Å². The van der Waals surface area contributed by atoms with E-state index >= 15 is 0 Å². The van der Waals surface area contributed by atoms with Crippen LogP contribution in [-0.2, 0) is 0 Å². The van der Waals surface area contributed by atoms with Gasteiger partial charge in [0.25, 0.3) is 0 Å². The summed E-state index contributed by atoms with van der Waals surface area (Å²) in [6.45, 7) is 5.17. The van der Waals surface area contributed by atoms with Gasteiger partial charge in [0, 0.05) is 17.2 Å². The quantitative estimate of drug-likeness (QED) is 0.490. The molecule has 3 nitrogen and oxygen atoms in total. The Hall–Kier alpha value is -0.360. The Bertz CT molecular complexity index is 566. The average molecular weight is 302 g/mol. The van der Waals surface area contributed by atoms with Gasteiger partial charge in [0.15, 0.2) is 5.16 Å². The lowest BCUT2D eigenvalue weighted by Crippen LogP contribution is -2.14. The normalized spacial score (nSPS) is 11.7. The summed E-state index contributed by atoms with van der Waals surface area (Å²) in [5.74, 6) is 0.970. The molecule has 2 aromatic heterocycles. The third-order valence-corrected chi connectivity index (χ3v) is 4.94. The molecule has 0 spiro atoms. The average Bonchev–Trinajstić information content (AvgIpc) is 2.54. The largest absolute Gasteiger partial charge is 0.309 e. The highest BCUT2D eigenvalue weighted by Crippen LogP contribution is 2.34. The molecule has 0 fully saturated rings. The molecule has 0 aliphatic carbocycles. The van der Waals surface area contributed by atoms with E-state index in [1.807, 2.05) is 0 Å². The van der Waals surface area contributed by atoms with E-state index in [4.69, 9.17) is 11.6 Å². The van der Waals surface area contributed by atoms with Gasteiger partial charge in [0.05, 0.1) is 5.39 Å². The van der Waals surface area contributed by atoms with E-state index in [0.717, 1.165) is 27.7 Å². The van der Waals surface area contributed by atoms with E-state index in [1.54, 1.807) is 23.1 Å². The summed E-state index contributed by atoms with van der Waals surface area (Å²) >= 11 is 9.59. The Kier molecular flexibility index (Phi) is 4.48. The fourth-order valence-corrected chi connectivity index (χ4v) is 4.02. The van der Waals surface area contributed by atoms with Crippen molar-refractivity contribution in [1.82, 2.24) is 14.9 Å². The minimum absolute atomic E-state index is 0.578. The number of nitrogens with zero attached hydrogens (tertiary/aromatic N) is 3. The Morgan fingerprint density at radius 2 is 2.00 bits per heavy atom. The van der Waals surface area contributed by atoms with Crippen molar-refractivity contribution >= 4 is 44.9 Å². The van der Waals surface area contributed by atoms with Gasteiger partial charge in [0.1, 0.15) is 9.98 Å². The van der Waals surface area contributed by atoms with E-state index in [-0.39, 0.29) is 0 Å². The first-order valence-electron chi connectivity index (χ1n) is 5.70. The Morgan fingerprint density at radius 3 is 2.67 bits per heavy atom. The number of aromatic nitrogens is 2. The molecule has 0 saturated heterocycles. The first-order chi connectivity index (χ1) is 8.49. The van der Waals surface area contributed by atoms with Crippen LogP contribution in [0, 0.1) is 13.8 Å². The molecule has 0 unspecified atom stereocenters. The zero-order valence-electron chi connectivity index (χ0n) is 11.0. The topological polar surface area (TPSA) is 29.0 Å². The lowest BCUT2D eigenvalue weighted by Gasteiger charge is -2.08. The Balaban J connectivity index is 2.26. The first-order valence-corrected chi connectivity index (χ1v) is 7.88. The molecule has 0 amide bonds. The predicted octanol–water partition coefficient (Wildman–Crippen LogP) is 3.62. The van der Waals surface area contributed by atoms with E-state index in [2.05, 4.69) is 42.8 Å². The summed E-state index contributed by atoms with van der Waals surface area (Å²) < 4.78 is 0. The fourth-order valence-electron chi connectivity index (χ4n) is 1.57. The van der Waals surface area contributed by atoms with Gasteiger partial charge >= 0.3 is 0 Å². The molecule has 98 valence electrons. The molecular weight excluding hydrogens is 286 g/mol. The van der Waals surface area contributed by atoms with Crippen molar-refractivity contribution in [2.24, 2.45) is 0 Å². The second kappa shape index (κ2) is 5.74. The molecule has 0 atom stereocenters. The summed E-state index contributed by atoms with van der Waals surface area (Å²) in [7, 11) is 4.12. The van der Waals surface area contributed by atoms with Crippen LogP contribution in [0.1, 0.15) is 10.4 Å². The number of thiophene rings is 1. The van der Waals surface area contributed by atoms with Crippen LogP contribution in [0.25, 0.3) is 10.2 Å². The van der Waals surface area contributed by atoms with Crippen LogP contribution in [0.3, 0.4) is 0 Å². The second-order valence-corrected chi connectivity index (χ2v) is 7.04. The van der Waals surface area contributed by atoms with E-state index in [0.29, 0.717) is 5.15 Å². The molecule has 0 aliphatic rings. The predicted molar refractivity (Wildman–Crippen MR) is 81.2 cm³/mol. The van der Waals surface area contributed by atoms with Crippen molar-refractivity contribution in [3.8, 4) is 0 Å². The second-order valence-electron chi connectivity index (χ2n) is 4.41. The maximum absolute atomic E-state index is 6.25. The molecule has 6 heteroatoms. The highest BCUT2D eigenvalue weighted by molar-refractivity contribution is 7.99. The number of hydrogen-bond acceptors (Lipinski definition) is 5. The molecule has 0 N–H and O–H groups in total. The highest BCUT2D eigenvalue weighted by Gasteiger charge is 2.13. The van der Waals surface area contributed by atoms with Gasteiger partial charge in [-0.15, -0.1) is 11.3 Å². The summed E-state index contributed by atoms with van der Waals surface area (Å²) in [4.78, 5) is 13.4. The number of rotatable bonds is 4. The molecule has 0 radical (unpaired) electrons. The third kappa shape index (κ3) is 2.96. The van der Waals surface area contributed by atoms with Crippen molar-refractivity contribution in [3.05, 3.63) is 15.6 Å². The van der Waals surface area contributed by atoms with Gasteiger partial charge in [-0.3, -0.25) is 0 Å². The molecule has 2 rings (SSSR count). The van der Waals surface area contributed by atoms with Crippen LogP contribution in [0.4, 0.5) is 0 Å². The fraction of sp³-hybridized carbons (Fsp3) is 0.500. The number of halogens is 1. The molecule has 18 heavy (non-hydrogen) atoms. The number of fused-ring (bicyclic) bond motifs is 1. The minimum atomic E-state index is 0.578. The van der Waals surface area contributed by atoms with Gasteiger partial charge in [-0.25, -0.2) is 9.97 Å². The van der Waals surface area contributed by atoms with E-state index < -0.39 is 0 Å². The summed E-state index contributed by atoms with van der Waals surface area (Å²) in [6, 6.07) is 0. The zero-order valence-corrected chi connectivity index (χ0v) is 13.3. The van der Waals surface area contributed by atoms with Crippen LogP contribution in [-0.4, -0.2) is 41.3 Å². The molecular formula is C12H16ClN3S2. The molecule has 2 aromatic rings. The standard InChI is InChI=1S/C12H16ClN3S2/c1-7-8(2)18-11-9(7)10(13)14-12(15-11)17-6-5-16(3)4/h5-6H2,1-4H3. The van der Waals surface area contributed by atoms with Crippen LogP contribution < -0.4 is 0 Å². The smallest absolute Gasteiger partial charge is 0.190 e. The van der Waals surface area contributed by atoms with Gasteiger partial charge < -0.3 is 4.90 Å². The van der Waals surface area contributed by atoms with Crippen molar-refractivity contribution in [2.75, 3.05) is 26.4 Å². The van der Waals surface area contributed by atoms with Crippen LogP contribution in [0.5, 0.6) is 0 Å². The zero-order chi connectivity index (χ0) is 13.3. The summed E-state index contributed by atoms with van der Waals surface area (Å²) in [6.07, 6.45) is 0. The molecule has 0 aromatic carbocycles. The maximum atomic E-state index is 6.25. The third-order valence-electron chi connectivity index (χ3n) is 2.73. The minimum Gasteiger partial charge on any atom is -0.309 e. The molecule has 2 heterocycles. The highest BCUT2D eigenvalue weighted by atomic mass is 35.5. The van der Waals surface area contributed by atoms with Crippen molar-refractivity contribution in [2.45, 2.75) is 19.0 Å². The monoisotopic (exact) mass is 301 g/mol. The van der Waals surface area contributed by atoms with Crippen LogP contribution in [0.15, 0.2) is 5.16 Å². The van der Waals surface area contributed by atoms with E-state index in [1.165, 1.54) is 10.4 Å². The van der Waals surface area contributed by atoms with Gasteiger partial charge in [-0.05, 0) is 33.5 Å². The number of aryl methyl sites for hydroxylation is 2. The van der Waals surface area contributed by atoms with Crippen LogP contribution >= 0.6 is 34.7 Å². The van der Waals surface area contributed by atoms with Crippen molar-refractivity contribution in [1.29, 1.82) is 0 Å². The lowest BCUT2D eigenvalue weighted by molar-refractivity contribution is 0.437. The van der Waals surface area contributed by atoms with E-state index in [9.17, 15) is 0 Å². The summed E-state index contributed by atoms with van der Waals surface area (Å²) in [5, 5.41) is 2.36. The molecule has 0 saturated carbocycles. The van der Waals surface area contributed by atoms with Gasteiger partial charge in [-0.1, -0.05) is 23.4 Å². The maximum Gasteiger partial charge on any atom is 0.190 e. The summed E-state index contributed by atoms with van der Waals surface area (Å²) in [5.41, 5.74) is 1.20. The molecule has 0 bridgehead atoms. The van der Waals surface area contributed by atoms with Gasteiger partial charge in [0.2, 0.25) is 0 Å². The molecule has 0 aliphatic heterocycles. The van der Waals surface area contributed by atoms with Crippen LogP contribution in [0.2, 0.25) is 5.15 Å².